The number of nitrogens with zero attached hydrogens (tertiary/aromatic N) is 4. The van der Waals surface area contributed by atoms with E-state index in [1.54, 1.807) is 42.7 Å². The molecule has 1 aromatic carbocycles. The van der Waals surface area contributed by atoms with Gasteiger partial charge < -0.3 is 15.8 Å². The fourth-order valence-corrected chi connectivity index (χ4v) is 5.15. The van der Waals surface area contributed by atoms with Crippen molar-refractivity contribution in [2.45, 2.75) is 25.1 Å². The largest absolute Gasteiger partial charge is 0.490 e. The highest BCUT2D eigenvalue weighted by Gasteiger charge is 2.27. The quantitative estimate of drug-likeness (QED) is 0.411. The normalized spacial score (nSPS) is 14.7. The highest BCUT2D eigenvalue weighted by atomic mass is 32.2. The monoisotopic (exact) mass is 504 g/mol. The third kappa shape index (κ3) is 4.65. The molecule has 5 rings (SSSR count). The van der Waals surface area contributed by atoms with Gasteiger partial charge in [-0.2, -0.15) is 0 Å². The Labute approximate surface area is 207 Å². The Hall–Kier alpha value is -4.25. The van der Waals surface area contributed by atoms with Crippen LogP contribution in [-0.2, 0) is 15.8 Å². The zero-order valence-corrected chi connectivity index (χ0v) is 20.5. The zero-order chi connectivity index (χ0) is 25.5. The molecule has 0 fully saturated rings. The summed E-state index contributed by atoms with van der Waals surface area (Å²) >= 11 is 0. The van der Waals surface area contributed by atoms with E-state index < -0.39 is 15.6 Å². The summed E-state index contributed by atoms with van der Waals surface area (Å²) in [6, 6.07) is 14.1. The molecule has 1 amide bonds. The minimum absolute atomic E-state index is 0.106. The summed E-state index contributed by atoms with van der Waals surface area (Å²) in [5, 5.41) is 2.99. The Kier molecular flexibility index (Phi) is 5.71. The molecule has 36 heavy (non-hydrogen) atoms. The zero-order valence-electron chi connectivity index (χ0n) is 19.7. The second-order valence-electron chi connectivity index (χ2n) is 9.12. The van der Waals surface area contributed by atoms with Crippen molar-refractivity contribution in [2.75, 3.05) is 6.61 Å². The van der Waals surface area contributed by atoms with E-state index in [9.17, 15) is 13.2 Å². The van der Waals surface area contributed by atoms with Crippen LogP contribution in [0.3, 0.4) is 0 Å². The molecule has 184 valence electrons. The van der Waals surface area contributed by atoms with Gasteiger partial charge in [0.2, 0.25) is 0 Å². The highest BCUT2D eigenvalue weighted by molar-refractivity contribution is 7.89. The van der Waals surface area contributed by atoms with Gasteiger partial charge >= 0.3 is 0 Å². The van der Waals surface area contributed by atoms with Crippen molar-refractivity contribution in [1.29, 1.82) is 0 Å². The molecule has 3 N–H and O–H groups in total. The number of amides is 1. The van der Waals surface area contributed by atoms with Crippen LogP contribution in [0.5, 0.6) is 5.75 Å². The first-order chi connectivity index (χ1) is 17.1. The van der Waals surface area contributed by atoms with E-state index in [1.807, 2.05) is 42.8 Å². The number of fused-ring (bicyclic) bond motifs is 2. The first-order valence-corrected chi connectivity index (χ1v) is 12.8. The molecule has 0 spiro atoms. The maximum absolute atomic E-state index is 13.1. The van der Waals surface area contributed by atoms with Gasteiger partial charge in [-0.15, -0.1) is 4.40 Å². The Balaban J connectivity index is 1.32. The summed E-state index contributed by atoms with van der Waals surface area (Å²) in [6.45, 7) is 3.77. The van der Waals surface area contributed by atoms with Crippen LogP contribution < -0.4 is 15.8 Å². The van der Waals surface area contributed by atoms with Crippen molar-refractivity contribution < 1.29 is 17.9 Å². The van der Waals surface area contributed by atoms with Gasteiger partial charge in [0.1, 0.15) is 24.0 Å². The van der Waals surface area contributed by atoms with Gasteiger partial charge in [0.25, 0.3) is 15.9 Å². The van der Waals surface area contributed by atoms with E-state index >= 15 is 0 Å². The SMILES string of the molecule is CC(C)(COc1cccc2c1C(N)=NS(=O)(=O)C2)NC(=O)c1ccnc(-n2ccc3ncccc32)c1. The number of hydrogen-bond acceptors (Lipinski definition) is 7. The van der Waals surface area contributed by atoms with E-state index in [1.165, 1.54) is 0 Å². The predicted molar refractivity (Wildman–Crippen MR) is 136 cm³/mol. The summed E-state index contributed by atoms with van der Waals surface area (Å²) in [7, 11) is -3.64. The van der Waals surface area contributed by atoms with Crippen molar-refractivity contribution in [2.24, 2.45) is 10.1 Å². The number of hydrogen-bond donors (Lipinski definition) is 2. The van der Waals surface area contributed by atoms with E-state index in [0.717, 1.165) is 11.0 Å². The molecule has 0 aliphatic carbocycles. The molecule has 11 heteroatoms. The molecule has 0 saturated heterocycles. The molecule has 0 bridgehead atoms. The molecule has 0 saturated carbocycles. The molecule has 10 nitrogen and oxygen atoms in total. The molecule has 3 aromatic heterocycles. The van der Waals surface area contributed by atoms with Gasteiger partial charge in [0.15, 0.2) is 0 Å². The number of carbonyl (C=O) groups excluding carboxylic acids is 1. The Bertz CT molecular complexity index is 1620. The lowest BCUT2D eigenvalue weighted by molar-refractivity contribution is 0.0880. The van der Waals surface area contributed by atoms with Crippen LogP contribution in [0.1, 0.15) is 35.3 Å². The molecular weight excluding hydrogens is 480 g/mol. The predicted octanol–water partition coefficient (Wildman–Crippen LogP) is 2.56. The minimum Gasteiger partial charge on any atom is -0.490 e. The third-order valence-corrected chi connectivity index (χ3v) is 6.85. The van der Waals surface area contributed by atoms with E-state index in [0.29, 0.717) is 28.3 Å². The smallest absolute Gasteiger partial charge is 0.259 e. The fourth-order valence-electron chi connectivity index (χ4n) is 4.06. The summed E-state index contributed by atoms with van der Waals surface area (Å²) in [6.07, 6.45) is 5.17. The number of nitrogens with one attached hydrogen (secondary N) is 1. The molecule has 0 unspecified atom stereocenters. The maximum atomic E-state index is 13.1. The number of benzene rings is 1. The summed E-state index contributed by atoms with van der Waals surface area (Å²) < 4.78 is 35.3. The van der Waals surface area contributed by atoms with Crippen molar-refractivity contribution in [3.05, 3.63) is 83.8 Å². The number of amidine groups is 1. The van der Waals surface area contributed by atoms with Crippen LogP contribution in [0.4, 0.5) is 0 Å². The standard InChI is InChI=1S/C25H24N6O4S/c1-25(2,15-35-20-7-3-5-17-14-36(33,34)30-23(26)22(17)20)29-24(32)16-8-11-28-21(13-16)31-12-9-18-19(31)6-4-10-27-18/h3-13H,14-15H2,1-2H3,(H2,26,30)(H,29,32). The molecule has 1 aliphatic heterocycles. The van der Waals surface area contributed by atoms with Crippen LogP contribution in [-0.4, -0.2) is 46.8 Å². The molecular formula is C25H24N6O4S. The highest BCUT2D eigenvalue weighted by Crippen LogP contribution is 2.28. The summed E-state index contributed by atoms with van der Waals surface area (Å²) in [5.74, 6) is 0.373. The van der Waals surface area contributed by atoms with Crippen molar-refractivity contribution >= 4 is 32.8 Å². The minimum atomic E-state index is -3.64. The molecule has 4 heterocycles. The van der Waals surface area contributed by atoms with Crippen LogP contribution in [0.15, 0.2) is 71.5 Å². The lowest BCUT2D eigenvalue weighted by atomic mass is 10.0. The second kappa shape index (κ2) is 8.76. The first-order valence-electron chi connectivity index (χ1n) is 11.2. The van der Waals surface area contributed by atoms with Crippen LogP contribution in [0.25, 0.3) is 16.9 Å². The first kappa shape index (κ1) is 23.5. The van der Waals surface area contributed by atoms with Gasteiger partial charge in [-0.1, -0.05) is 12.1 Å². The van der Waals surface area contributed by atoms with E-state index in [2.05, 4.69) is 19.7 Å². The van der Waals surface area contributed by atoms with Gasteiger partial charge in [0.05, 0.1) is 27.9 Å². The molecule has 0 atom stereocenters. The van der Waals surface area contributed by atoms with E-state index in [-0.39, 0.29) is 24.1 Å². The summed E-state index contributed by atoms with van der Waals surface area (Å²) in [5.41, 5.74) is 8.30. The Morgan fingerprint density at radius 2 is 1.97 bits per heavy atom. The average Bonchev–Trinajstić information content (AvgIpc) is 3.26. The van der Waals surface area contributed by atoms with Gasteiger partial charge in [-0.3, -0.25) is 14.3 Å². The van der Waals surface area contributed by atoms with E-state index in [4.69, 9.17) is 10.5 Å². The number of ether oxygens (including phenoxy) is 1. The lowest BCUT2D eigenvalue weighted by Crippen LogP contribution is -2.48. The van der Waals surface area contributed by atoms with Crippen molar-refractivity contribution in [1.82, 2.24) is 19.9 Å². The molecule has 1 aliphatic rings. The van der Waals surface area contributed by atoms with Crippen LogP contribution in [0.2, 0.25) is 0 Å². The van der Waals surface area contributed by atoms with Gasteiger partial charge in [-0.05, 0) is 55.8 Å². The molecule has 4 aromatic rings. The van der Waals surface area contributed by atoms with Crippen molar-refractivity contribution in [3.63, 3.8) is 0 Å². The topological polar surface area (TPSA) is 142 Å². The number of rotatable bonds is 6. The molecule has 0 radical (unpaired) electrons. The van der Waals surface area contributed by atoms with Gasteiger partial charge in [0, 0.05) is 24.2 Å². The van der Waals surface area contributed by atoms with Crippen molar-refractivity contribution in [3.8, 4) is 11.6 Å². The number of aromatic nitrogens is 3. The lowest BCUT2D eigenvalue weighted by Gasteiger charge is -2.27. The number of pyridine rings is 2. The third-order valence-electron chi connectivity index (χ3n) is 5.70. The Morgan fingerprint density at radius 1 is 1.14 bits per heavy atom. The maximum Gasteiger partial charge on any atom is 0.259 e. The Morgan fingerprint density at radius 3 is 2.81 bits per heavy atom. The van der Waals surface area contributed by atoms with Crippen LogP contribution in [0, 0.1) is 0 Å². The average molecular weight is 505 g/mol. The van der Waals surface area contributed by atoms with Gasteiger partial charge in [-0.25, -0.2) is 13.4 Å². The fraction of sp³-hybridized carbons (Fsp3) is 0.200. The summed E-state index contributed by atoms with van der Waals surface area (Å²) in [4.78, 5) is 21.8. The number of carbonyl (C=O) groups is 1. The van der Waals surface area contributed by atoms with Crippen LogP contribution >= 0.6 is 0 Å². The number of nitrogens with two attached hydrogens (primary N) is 1. The second-order valence-corrected chi connectivity index (χ2v) is 10.8. The number of sulfonamides is 1.